The topological polar surface area (TPSA) is 72.2 Å². The third kappa shape index (κ3) is 2.46. The van der Waals surface area contributed by atoms with Crippen molar-refractivity contribution in [3.63, 3.8) is 0 Å². The Morgan fingerprint density at radius 1 is 1.44 bits per heavy atom. The van der Waals surface area contributed by atoms with Crippen molar-refractivity contribution >= 4 is 27.3 Å². The van der Waals surface area contributed by atoms with Crippen LogP contribution in [0.1, 0.15) is 26.2 Å². The molecule has 1 aliphatic carbocycles. The molecule has 1 saturated carbocycles. The standard InChI is InChI=1S/C11H14ClFN2O2S/c1-11(3-2-4-11)15-18(16,17)9-6-7(14)5-8(12)10(9)13/h5-6,15H,2-4,14H2,1H3. The molecule has 0 aromatic heterocycles. The number of nitrogen functional groups attached to an aromatic ring is 1. The quantitative estimate of drug-likeness (QED) is 0.840. The molecule has 0 spiro atoms. The molecule has 3 N–H and O–H groups in total. The van der Waals surface area contributed by atoms with Gasteiger partial charge in [-0.05, 0) is 38.3 Å². The van der Waals surface area contributed by atoms with Crippen LogP contribution in [0.2, 0.25) is 5.02 Å². The normalized spacial score (nSPS) is 18.4. The summed E-state index contributed by atoms with van der Waals surface area (Å²) in [5.74, 6) is -0.971. The van der Waals surface area contributed by atoms with E-state index in [0.29, 0.717) is 0 Å². The van der Waals surface area contributed by atoms with E-state index in [-0.39, 0.29) is 10.7 Å². The molecule has 7 heteroatoms. The van der Waals surface area contributed by atoms with Gasteiger partial charge in [0.25, 0.3) is 0 Å². The zero-order valence-corrected chi connectivity index (χ0v) is 11.4. The van der Waals surface area contributed by atoms with Crippen LogP contribution in [0.5, 0.6) is 0 Å². The van der Waals surface area contributed by atoms with Crippen molar-refractivity contribution in [3.05, 3.63) is 23.0 Å². The van der Waals surface area contributed by atoms with Gasteiger partial charge in [0.2, 0.25) is 10.0 Å². The smallest absolute Gasteiger partial charge is 0.244 e. The number of hydrogen-bond acceptors (Lipinski definition) is 3. The Morgan fingerprint density at radius 2 is 2.06 bits per heavy atom. The highest BCUT2D eigenvalue weighted by Crippen LogP contribution is 2.34. The number of nitrogens with one attached hydrogen (secondary N) is 1. The fourth-order valence-corrected chi connectivity index (χ4v) is 3.85. The van der Waals surface area contributed by atoms with Crippen LogP contribution in [0.15, 0.2) is 17.0 Å². The summed E-state index contributed by atoms with van der Waals surface area (Å²) in [6, 6.07) is 2.26. The second-order valence-corrected chi connectivity index (χ2v) is 6.89. The van der Waals surface area contributed by atoms with Gasteiger partial charge in [-0.25, -0.2) is 17.5 Å². The third-order valence-corrected chi connectivity index (χ3v) is 5.06. The number of rotatable bonds is 3. The van der Waals surface area contributed by atoms with Gasteiger partial charge < -0.3 is 5.73 Å². The number of sulfonamides is 1. The van der Waals surface area contributed by atoms with Crippen LogP contribution < -0.4 is 10.5 Å². The van der Waals surface area contributed by atoms with E-state index in [9.17, 15) is 12.8 Å². The molecular formula is C11H14ClFN2O2S. The molecule has 0 amide bonds. The molecule has 1 aromatic rings. The maximum absolute atomic E-state index is 13.8. The summed E-state index contributed by atoms with van der Waals surface area (Å²) >= 11 is 5.60. The Morgan fingerprint density at radius 3 is 2.56 bits per heavy atom. The average molecular weight is 293 g/mol. The summed E-state index contributed by atoms with van der Waals surface area (Å²) in [7, 11) is -3.94. The van der Waals surface area contributed by atoms with Crippen molar-refractivity contribution in [2.24, 2.45) is 0 Å². The maximum atomic E-state index is 13.8. The number of nitrogens with two attached hydrogens (primary N) is 1. The second kappa shape index (κ2) is 4.36. The first kappa shape index (κ1) is 13.6. The summed E-state index contributed by atoms with van der Waals surface area (Å²) in [5.41, 5.74) is 5.11. The van der Waals surface area contributed by atoms with Gasteiger partial charge in [-0.2, -0.15) is 0 Å². The fourth-order valence-electron chi connectivity index (χ4n) is 1.97. The maximum Gasteiger partial charge on any atom is 0.244 e. The lowest BCUT2D eigenvalue weighted by atomic mass is 9.80. The molecule has 100 valence electrons. The van der Waals surface area contributed by atoms with E-state index >= 15 is 0 Å². The largest absolute Gasteiger partial charge is 0.399 e. The van der Waals surface area contributed by atoms with Gasteiger partial charge in [-0.1, -0.05) is 11.6 Å². The lowest BCUT2D eigenvalue weighted by Gasteiger charge is -2.38. The van der Waals surface area contributed by atoms with E-state index in [4.69, 9.17) is 17.3 Å². The van der Waals surface area contributed by atoms with Crippen molar-refractivity contribution in [2.45, 2.75) is 36.6 Å². The molecular weight excluding hydrogens is 279 g/mol. The summed E-state index contributed by atoms with van der Waals surface area (Å²) < 4.78 is 40.5. The predicted octanol–water partition coefficient (Wildman–Crippen LogP) is 2.28. The zero-order chi connectivity index (χ0) is 13.6. The molecule has 0 aliphatic heterocycles. The Balaban J connectivity index is 2.41. The van der Waals surface area contributed by atoms with E-state index in [2.05, 4.69) is 4.72 Å². The van der Waals surface area contributed by atoms with Gasteiger partial charge in [-0.3, -0.25) is 0 Å². The van der Waals surface area contributed by atoms with Crippen LogP contribution in [0.25, 0.3) is 0 Å². The molecule has 1 fully saturated rings. The van der Waals surface area contributed by atoms with Crippen molar-refractivity contribution in [2.75, 3.05) is 5.73 Å². The van der Waals surface area contributed by atoms with Crippen LogP contribution >= 0.6 is 11.6 Å². The van der Waals surface area contributed by atoms with Gasteiger partial charge in [0.05, 0.1) is 5.02 Å². The summed E-state index contributed by atoms with van der Waals surface area (Å²) in [4.78, 5) is -0.499. The minimum atomic E-state index is -3.94. The molecule has 0 saturated heterocycles. The summed E-state index contributed by atoms with van der Waals surface area (Å²) in [6.45, 7) is 1.79. The van der Waals surface area contributed by atoms with Crippen LogP contribution in [0.4, 0.5) is 10.1 Å². The van der Waals surface area contributed by atoms with Gasteiger partial charge in [-0.15, -0.1) is 0 Å². The lowest BCUT2D eigenvalue weighted by molar-refractivity contribution is 0.247. The van der Waals surface area contributed by atoms with Gasteiger partial charge in [0.1, 0.15) is 4.90 Å². The first-order valence-electron chi connectivity index (χ1n) is 5.52. The molecule has 0 bridgehead atoms. The van der Waals surface area contributed by atoms with E-state index in [1.165, 1.54) is 6.07 Å². The van der Waals surface area contributed by atoms with E-state index in [1.54, 1.807) is 6.92 Å². The molecule has 0 heterocycles. The average Bonchev–Trinajstić information content (AvgIpc) is 2.20. The second-order valence-electron chi connectivity index (χ2n) is 4.83. The van der Waals surface area contributed by atoms with Crippen molar-refractivity contribution in [1.29, 1.82) is 0 Å². The van der Waals surface area contributed by atoms with E-state index in [0.717, 1.165) is 25.3 Å². The molecule has 18 heavy (non-hydrogen) atoms. The van der Waals surface area contributed by atoms with Crippen molar-refractivity contribution < 1.29 is 12.8 Å². The molecule has 1 aromatic carbocycles. The molecule has 0 unspecified atom stereocenters. The lowest BCUT2D eigenvalue weighted by Crippen LogP contribution is -2.50. The van der Waals surface area contributed by atoms with Crippen LogP contribution in [0, 0.1) is 5.82 Å². The minimum absolute atomic E-state index is 0.112. The number of halogens is 2. The number of anilines is 1. The first-order valence-corrected chi connectivity index (χ1v) is 7.38. The van der Waals surface area contributed by atoms with Crippen LogP contribution in [0.3, 0.4) is 0 Å². The summed E-state index contributed by atoms with van der Waals surface area (Å²) in [6.07, 6.45) is 2.44. The van der Waals surface area contributed by atoms with Crippen LogP contribution in [-0.4, -0.2) is 14.0 Å². The number of hydrogen-bond donors (Lipinski definition) is 2. The number of benzene rings is 1. The summed E-state index contributed by atoms with van der Waals surface area (Å²) in [5, 5.41) is -0.297. The Bertz CT molecular complexity index is 585. The van der Waals surface area contributed by atoms with E-state index in [1.807, 2.05) is 0 Å². The molecule has 2 rings (SSSR count). The van der Waals surface area contributed by atoms with Gasteiger partial charge >= 0.3 is 0 Å². The Hall–Kier alpha value is -0.850. The van der Waals surface area contributed by atoms with E-state index < -0.39 is 26.3 Å². The molecule has 0 atom stereocenters. The fraction of sp³-hybridized carbons (Fsp3) is 0.455. The molecule has 4 nitrogen and oxygen atoms in total. The SMILES string of the molecule is CC1(NS(=O)(=O)c2cc(N)cc(Cl)c2F)CCC1. The highest BCUT2D eigenvalue weighted by atomic mass is 35.5. The Kier molecular flexibility index (Phi) is 3.29. The van der Waals surface area contributed by atoms with Gasteiger partial charge in [0, 0.05) is 11.2 Å². The Labute approximate surface area is 110 Å². The highest BCUT2D eigenvalue weighted by Gasteiger charge is 2.37. The van der Waals surface area contributed by atoms with Gasteiger partial charge in [0.15, 0.2) is 5.82 Å². The zero-order valence-electron chi connectivity index (χ0n) is 9.83. The van der Waals surface area contributed by atoms with Crippen LogP contribution in [-0.2, 0) is 10.0 Å². The molecule has 1 aliphatic rings. The minimum Gasteiger partial charge on any atom is -0.399 e. The third-order valence-electron chi connectivity index (χ3n) is 3.14. The van der Waals surface area contributed by atoms with Crippen molar-refractivity contribution in [3.8, 4) is 0 Å². The first-order chi connectivity index (χ1) is 8.23. The predicted molar refractivity (Wildman–Crippen MR) is 68.4 cm³/mol. The molecule has 0 radical (unpaired) electrons. The monoisotopic (exact) mass is 292 g/mol. The highest BCUT2D eigenvalue weighted by molar-refractivity contribution is 7.89. The van der Waals surface area contributed by atoms with Crippen molar-refractivity contribution in [1.82, 2.24) is 4.72 Å².